The van der Waals surface area contributed by atoms with Gasteiger partial charge < -0.3 is 9.47 Å². The van der Waals surface area contributed by atoms with Gasteiger partial charge in [0.05, 0.1) is 5.92 Å². The molecule has 17 heavy (non-hydrogen) atoms. The van der Waals surface area contributed by atoms with Gasteiger partial charge in [-0.2, -0.15) is 0 Å². The van der Waals surface area contributed by atoms with E-state index in [1.54, 1.807) is 20.8 Å². The van der Waals surface area contributed by atoms with Gasteiger partial charge >= 0.3 is 12.1 Å². The number of halogens is 1. The van der Waals surface area contributed by atoms with Crippen molar-refractivity contribution in [3.05, 3.63) is 0 Å². The molecule has 1 aliphatic rings. The highest BCUT2D eigenvalue weighted by molar-refractivity contribution is 6.23. The van der Waals surface area contributed by atoms with Crippen molar-refractivity contribution in [2.45, 2.75) is 51.3 Å². The monoisotopic (exact) mass is 263 g/mol. The van der Waals surface area contributed by atoms with Crippen LogP contribution >= 0.6 is 11.6 Å². The largest absolute Gasteiger partial charge is 0.444 e. The Kier molecular flexibility index (Phi) is 3.91. The first-order chi connectivity index (χ1) is 7.59. The number of amides is 1. The Morgan fingerprint density at radius 1 is 1.18 bits per heavy atom. The van der Waals surface area contributed by atoms with E-state index in [0.717, 1.165) is 12.8 Å². The van der Waals surface area contributed by atoms with Crippen molar-refractivity contribution in [3.63, 3.8) is 0 Å². The van der Waals surface area contributed by atoms with Gasteiger partial charge in [-0.3, -0.25) is 10.1 Å². The van der Waals surface area contributed by atoms with E-state index in [2.05, 4.69) is 5.32 Å². The SMILES string of the molecule is CC(C)(C)OC(=O)N[C@](C)(Cl)OC(=O)C1CC1. The number of alkyl carbamates (subject to hydrolysis) is 1. The van der Waals surface area contributed by atoms with Crippen molar-refractivity contribution >= 4 is 23.7 Å². The van der Waals surface area contributed by atoms with Gasteiger partial charge in [-0.15, -0.1) is 0 Å². The number of carbonyl (C=O) groups excluding carboxylic acids is 2. The summed E-state index contributed by atoms with van der Waals surface area (Å²) in [4.78, 5) is 22.8. The Bertz CT molecular complexity index is 318. The van der Waals surface area contributed by atoms with Crippen LogP contribution in [0.25, 0.3) is 0 Å². The molecule has 0 aromatic carbocycles. The predicted octanol–water partition coefficient (Wildman–Crippen LogP) is 2.38. The quantitative estimate of drug-likeness (QED) is 0.367. The lowest BCUT2D eigenvalue weighted by Gasteiger charge is -2.26. The number of hydrogen-bond acceptors (Lipinski definition) is 4. The van der Waals surface area contributed by atoms with Gasteiger partial charge in [0.25, 0.3) is 5.18 Å². The van der Waals surface area contributed by atoms with E-state index in [-0.39, 0.29) is 5.92 Å². The fourth-order valence-electron chi connectivity index (χ4n) is 1.10. The highest BCUT2D eigenvalue weighted by Crippen LogP contribution is 2.32. The van der Waals surface area contributed by atoms with Gasteiger partial charge in [0.1, 0.15) is 5.60 Å². The first-order valence-electron chi connectivity index (χ1n) is 5.52. The minimum atomic E-state index is -1.57. The van der Waals surface area contributed by atoms with Crippen LogP contribution in [0.1, 0.15) is 40.5 Å². The van der Waals surface area contributed by atoms with E-state index in [1.807, 2.05) is 0 Å². The molecule has 0 radical (unpaired) electrons. The number of carbonyl (C=O) groups is 2. The molecule has 1 fully saturated rings. The maximum Gasteiger partial charge on any atom is 0.411 e. The van der Waals surface area contributed by atoms with Crippen molar-refractivity contribution in [2.75, 3.05) is 0 Å². The first-order valence-corrected chi connectivity index (χ1v) is 5.90. The molecule has 0 aliphatic heterocycles. The van der Waals surface area contributed by atoms with Crippen LogP contribution in [0.4, 0.5) is 4.79 Å². The highest BCUT2D eigenvalue weighted by atomic mass is 35.5. The van der Waals surface area contributed by atoms with Crippen LogP contribution in [0.3, 0.4) is 0 Å². The van der Waals surface area contributed by atoms with Gasteiger partial charge in [-0.1, -0.05) is 11.6 Å². The lowest BCUT2D eigenvalue weighted by atomic mass is 10.2. The molecule has 98 valence electrons. The fraction of sp³-hybridized carbons (Fsp3) is 0.818. The summed E-state index contributed by atoms with van der Waals surface area (Å²) in [6.45, 7) is 6.58. The molecule has 0 spiro atoms. The Hall–Kier alpha value is -0.970. The van der Waals surface area contributed by atoms with Crippen LogP contribution in [0.2, 0.25) is 0 Å². The van der Waals surface area contributed by atoms with Crippen LogP contribution in [-0.4, -0.2) is 22.8 Å². The van der Waals surface area contributed by atoms with Gasteiger partial charge in [0.2, 0.25) is 0 Å². The standard InChI is InChI=1S/C11H18ClNO4/c1-10(2,3)17-9(15)13-11(4,12)16-8(14)7-5-6-7/h7H,5-6H2,1-4H3,(H,13,15)/t11-/m0/s1. The summed E-state index contributed by atoms with van der Waals surface area (Å²) < 4.78 is 9.97. The Balaban J connectivity index is 2.42. The summed E-state index contributed by atoms with van der Waals surface area (Å²) in [5, 5.41) is 0.720. The topological polar surface area (TPSA) is 64.6 Å². The average Bonchev–Trinajstić information content (AvgIpc) is 2.76. The molecule has 0 bridgehead atoms. The summed E-state index contributed by atoms with van der Waals surface area (Å²) in [6.07, 6.45) is 0.912. The van der Waals surface area contributed by atoms with Crippen molar-refractivity contribution in [1.82, 2.24) is 5.32 Å². The molecule has 1 amide bonds. The Morgan fingerprint density at radius 3 is 2.12 bits per heavy atom. The molecule has 0 aromatic heterocycles. The van der Waals surface area contributed by atoms with Crippen LogP contribution in [-0.2, 0) is 14.3 Å². The van der Waals surface area contributed by atoms with Gasteiger partial charge in [-0.25, -0.2) is 4.79 Å². The molecule has 0 saturated heterocycles. The third-order valence-corrected chi connectivity index (χ3v) is 2.10. The molecule has 0 unspecified atom stereocenters. The van der Waals surface area contributed by atoms with Gasteiger partial charge in [0, 0.05) is 6.92 Å². The molecule has 6 heteroatoms. The number of ether oxygens (including phenoxy) is 2. The Labute approximate surface area is 106 Å². The molecule has 1 aliphatic carbocycles. The number of rotatable bonds is 3. The van der Waals surface area contributed by atoms with Crippen molar-refractivity contribution in [2.24, 2.45) is 5.92 Å². The predicted molar refractivity (Wildman–Crippen MR) is 62.4 cm³/mol. The second-order valence-corrected chi connectivity index (χ2v) is 5.96. The number of alkyl halides is 1. The fourth-order valence-corrected chi connectivity index (χ4v) is 1.26. The lowest BCUT2D eigenvalue weighted by molar-refractivity contribution is -0.154. The van der Waals surface area contributed by atoms with Crippen molar-refractivity contribution in [1.29, 1.82) is 0 Å². The summed E-state index contributed by atoms with van der Waals surface area (Å²) >= 11 is 5.87. The minimum Gasteiger partial charge on any atom is -0.444 e. The second kappa shape index (κ2) is 4.72. The minimum absolute atomic E-state index is 0.0755. The number of hydrogen-bond donors (Lipinski definition) is 1. The van der Waals surface area contributed by atoms with E-state index in [1.165, 1.54) is 6.92 Å². The molecule has 1 rings (SSSR count). The second-order valence-electron chi connectivity index (χ2n) is 5.24. The molecular formula is C11H18ClNO4. The zero-order valence-electron chi connectivity index (χ0n) is 10.5. The molecule has 1 atom stereocenters. The maximum atomic E-state index is 11.4. The Morgan fingerprint density at radius 2 is 1.71 bits per heavy atom. The summed E-state index contributed by atoms with van der Waals surface area (Å²) in [5.41, 5.74) is -0.627. The molecule has 0 heterocycles. The van der Waals surface area contributed by atoms with E-state index in [9.17, 15) is 9.59 Å². The zero-order chi connectivity index (χ0) is 13.3. The van der Waals surface area contributed by atoms with Crippen LogP contribution < -0.4 is 5.32 Å². The third-order valence-electron chi connectivity index (χ3n) is 1.93. The molecule has 1 N–H and O–H groups in total. The average molecular weight is 264 g/mol. The van der Waals surface area contributed by atoms with Gasteiger partial charge in [-0.05, 0) is 33.6 Å². The third kappa shape index (κ3) is 5.77. The molecule has 5 nitrogen and oxygen atoms in total. The van der Waals surface area contributed by atoms with E-state index in [4.69, 9.17) is 21.1 Å². The molecular weight excluding hydrogens is 246 g/mol. The zero-order valence-corrected chi connectivity index (χ0v) is 11.3. The number of esters is 1. The van der Waals surface area contributed by atoms with E-state index < -0.39 is 22.8 Å². The van der Waals surface area contributed by atoms with Crippen LogP contribution in [0.15, 0.2) is 0 Å². The van der Waals surface area contributed by atoms with Gasteiger partial charge in [0.15, 0.2) is 0 Å². The van der Waals surface area contributed by atoms with E-state index >= 15 is 0 Å². The lowest BCUT2D eigenvalue weighted by Crippen LogP contribution is -2.47. The normalized spacial score (nSPS) is 19.1. The maximum absolute atomic E-state index is 11.4. The van der Waals surface area contributed by atoms with Crippen molar-refractivity contribution < 1.29 is 19.1 Å². The van der Waals surface area contributed by atoms with Crippen LogP contribution in [0.5, 0.6) is 0 Å². The molecule has 1 saturated carbocycles. The highest BCUT2D eigenvalue weighted by Gasteiger charge is 2.37. The molecule has 0 aromatic rings. The first kappa shape index (κ1) is 14.1. The van der Waals surface area contributed by atoms with Crippen molar-refractivity contribution in [3.8, 4) is 0 Å². The smallest absolute Gasteiger partial charge is 0.411 e. The summed E-state index contributed by atoms with van der Waals surface area (Å²) in [5.74, 6) is -0.466. The summed E-state index contributed by atoms with van der Waals surface area (Å²) in [7, 11) is 0. The number of nitrogens with one attached hydrogen (secondary N) is 1. The summed E-state index contributed by atoms with van der Waals surface area (Å²) in [6, 6.07) is 0. The van der Waals surface area contributed by atoms with E-state index in [0.29, 0.717) is 0 Å². The van der Waals surface area contributed by atoms with Crippen LogP contribution in [0, 0.1) is 5.92 Å².